The molecule has 0 aliphatic heterocycles. The lowest BCUT2D eigenvalue weighted by Gasteiger charge is -2.24. The highest BCUT2D eigenvalue weighted by Crippen LogP contribution is 2.36. The molecule has 31 heavy (non-hydrogen) atoms. The van der Waals surface area contributed by atoms with Crippen LogP contribution in [0.5, 0.6) is 0 Å². The van der Waals surface area contributed by atoms with Crippen LogP contribution in [0.1, 0.15) is 49.7 Å². The van der Waals surface area contributed by atoms with Gasteiger partial charge in [0, 0.05) is 28.8 Å². The van der Waals surface area contributed by atoms with Gasteiger partial charge in [-0.1, -0.05) is 61.6 Å². The van der Waals surface area contributed by atoms with Crippen LogP contribution in [0.3, 0.4) is 0 Å². The number of nitrogens with two attached hydrogens (primary N) is 1. The molecule has 1 aromatic carbocycles. The van der Waals surface area contributed by atoms with Crippen molar-refractivity contribution >= 4 is 5.57 Å². The zero-order chi connectivity index (χ0) is 21.8. The first-order valence-electron chi connectivity index (χ1n) is 10.8. The van der Waals surface area contributed by atoms with Crippen molar-refractivity contribution in [3.05, 3.63) is 101 Å². The summed E-state index contributed by atoms with van der Waals surface area (Å²) in [5.74, 6) is 2.80. The third-order valence-electron chi connectivity index (χ3n) is 5.57. The minimum Gasteiger partial charge on any atom is -0.461 e. The largest absolute Gasteiger partial charge is 0.461 e. The van der Waals surface area contributed by atoms with Crippen LogP contribution in [0, 0.1) is 12.8 Å². The SMILES string of the molecule is Cc1nc(-c2ccccc2)nc(C2=CC=C(OC3=CC=CCC=C3)C(C)C2)c1C(C)N. The van der Waals surface area contributed by atoms with Crippen molar-refractivity contribution in [1.82, 2.24) is 9.97 Å². The van der Waals surface area contributed by atoms with E-state index in [2.05, 4.69) is 31.2 Å². The van der Waals surface area contributed by atoms with Gasteiger partial charge in [-0.25, -0.2) is 9.97 Å². The average Bonchev–Trinajstić information content (AvgIpc) is 3.03. The molecule has 0 saturated carbocycles. The van der Waals surface area contributed by atoms with E-state index < -0.39 is 0 Å². The van der Waals surface area contributed by atoms with Crippen molar-refractivity contribution in [3.8, 4) is 11.4 Å². The Morgan fingerprint density at radius 2 is 1.87 bits per heavy atom. The van der Waals surface area contributed by atoms with Gasteiger partial charge in [0.15, 0.2) is 5.82 Å². The lowest BCUT2D eigenvalue weighted by molar-refractivity contribution is 0.272. The molecule has 0 radical (unpaired) electrons. The van der Waals surface area contributed by atoms with Crippen molar-refractivity contribution < 1.29 is 4.74 Å². The van der Waals surface area contributed by atoms with E-state index >= 15 is 0 Å². The number of ether oxygens (including phenoxy) is 1. The summed E-state index contributed by atoms with van der Waals surface area (Å²) < 4.78 is 6.19. The molecule has 4 nitrogen and oxygen atoms in total. The Bertz CT molecular complexity index is 1100. The molecule has 0 spiro atoms. The van der Waals surface area contributed by atoms with Crippen molar-refractivity contribution in [2.45, 2.75) is 39.7 Å². The van der Waals surface area contributed by atoms with Gasteiger partial charge in [-0.05, 0) is 50.5 Å². The van der Waals surface area contributed by atoms with E-state index in [1.54, 1.807) is 0 Å². The fourth-order valence-corrected chi connectivity index (χ4v) is 4.01. The molecule has 2 aliphatic carbocycles. The first-order chi connectivity index (χ1) is 15.0. The molecule has 158 valence electrons. The summed E-state index contributed by atoms with van der Waals surface area (Å²) in [6, 6.07) is 9.94. The van der Waals surface area contributed by atoms with Gasteiger partial charge in [0.25, 0.3) is 0 Å². The third-order valence-corrected chi connectivity index (χ3v) is 5.57. The number of benzene rings is 1. The van der Waals surface area contributed by atoms with E-state index in [9.17, 15) is 0 Å². The van der Waals surface area contributed by atoms with Gasteiger partial charge in [0.2, 0.25) is 0 Å². The fraction of sp³-hybridized carbons (Fsp3) is 0.259. The molecular formula is C27H29N3O. The van der Waals surface area contributed by atoms with E-state index in [-0.39, 0.29) is 12.0 Å². The van der Waals surface area contributed by atoms with Crippen LogP contribution < -0.4 is 5.73 Å². The van der Waals surface area contributed by atoms with Crippen molar-refractivity contribution in [2.75, 3.05) is 0 Å². The van der Waals surface area contributed by atoms with Crippen LogP contribution in [0.4, 0.5) is 0 Å². The molecule has 4 rings (SSSR count). The number of aryl methyl sites for hydroxylation is 1. The molecule has 0 amide bonds. The van der Waals surface area contributed by atoms with E-state index in [0.717, 1.165) is 52.7 Å². The highest BCUT2D eigenvalue weighted by molar-refractivity contribution is 5.71. The van der Waals surface area contributed by atoms with Gasteiger partial charge >= 0.3 is 0 Å². The second-order valence-corrected chi connectivity index (χ2v) is 8.15. The Morgan fingerprint density at radius 1 is 1.06 bits per heavy atom. The summed E-state index contributed by atoms with van der Waals surface area (Å²) in [5.41, 5.74) is 11.4. The summed E-state index contributed by atoms with van der Waals surface area (Å²) >= 11 is 0. The predicted octanol–water partition coefficient (Wildman–Crippen LogP) is 6.20. The van der Waals surface area contributed by atoms with Gasteiger partial charge in [-0.2, -0.15) is 0 Å². The molecule has 1 aromatic heterocycles. The molecule has 0 bridgehead atoms. The number of rotatable bonds is 5. The molecular weight excluding hydrogens is 382 g/mol. The number of nitrogens with zero attached hydrogens (tertiary/aromatic N) is 2. The standard InChI is InChI=1S/C27H29N3O/c1-18-17-22(15-16-24(18)31-23-13-9-4-5-10-14-23)26-25(19(2)28)20(3)29-27(30-26)21-11-7-6-8-12-21/h4,6-16,18-19H,5,17,28H2,1-3H3. The first-order valence-corrected chi connectivity index (χ1v) is 10.8. The molecule has 2 atom stereocenters. The number of aromatic nitrogens is 2. The Balaban J connectivity index is 1.72. The average molecular weight is 412 g/mol. The maximum absolute atomic E-state index is 6.34. The van der Waals surface area contributed by atoms with E-state index in [4.69, 9.17) is 20.4 Å². The Kier molecular flexibility index (Phi) is 6.28. The zero-order valence-electron chi connectivity index (χ0n) is 18.4. The molecule has 2 N–H and O–H groups in total. The first kappa shape index (κ1) is 21.0. The summed E-state index contributed by atoms with van der Waals surface area (Å²) in [6.45, 7) is 6.20. The lowest BCUT2D eigenvalue weighted by atomic mass is 9.88. The Labute approximate surface area is 184 Å². The summed E-state index contributed by atoms with van der Waals surface area (Å²) in [6.07, 6.45) is 16.2. The second kappa shape index (κ2) is 9.27. The second-order valence-electron chi connectivity index (χ2n) is 8.15. The lowest BCUT2D eigenvalue weighted by Crippen LogP contribution is -2.16. The Morgan fingerprint density at radius 3 is 2.61 bits per heavy atom. The highest BCUT2D eigenvalue weighted by Gasteiger charge is 2.24. The van der Waals surface area contributed by atoms with Gasteiger partial charge < -0.3 is 10.5 Å². The summed E-state index contributed by atoms with van der Waals surface area (Å²) in [4.78, 5) is 9.74. The summed E-state index contributed by atoms with van der Waals surface area (Å²) in [5, 5.41) is 0. The molecule has 0 fully saturated rings. The molecule has 0 saturated heterocycles. The third kappa shape index (κ3) is 4.75. The number of allylic oxidation sites excluding steroid dienone is 9. The quantitative estimate of drug-likeness (QED) is 0.637. The smallest absolute Gasteiger partial charge is 0.160 e. The molecule has 4 heteroatoms. The number of hydrogen-bond acceptors (Lipinski definition) is 4. The van der Waals surface area contributed by atoms with Gasteiger partial charge in [0.05, 0.1) is 5.69 Å². The highest BCUT2D eigenvalue weighted by atomic mass is 16.5. The van der Waals surface area contributed by atoms with Crippen LogP contribution in [0.15, 0.2) is 84.4 Å². The van der Waals surface area contributed by atoms with Crippen LogP contribution in [-0.4, -0.2) is 9.97 Å². The minimum absolute atomic E-state index is 0.147. The van der Waals surface area contributed by atoms with Crippen molar-refractivity contribution in [2.24, 2.45) is 11.7 Å². The maximum atomic E-state index is 6.34. The molecule has 2 unspecified atom stereocenters. The maximum Gasteiger partial charge on any atom is 0.160 e. The van der Waals surface area contributed by atoms with Crippen LogP contribution in [-0.2, 0) is 4.74 Å². The molecule has 2 aromatic rings. The molecule has 1 heterocycles. The van der Waals surface area contributed by atoms with Gasteiger partial charge in [-0.15, -0.1) is 0 Å². The number of hydrogen-bond donors (Lipinski definition) is 1. The fourth-order valence-electron chi connectivity index (χ4n) is 4.01. The summed E-state index contributed by atoms with van der Waals surface area (Å²) in [7, 11) is 0. The van der Waals surface area contributed by atoms with E-state index in [1.165, 1.54) is 5.57 Å². The zero-order valence-corrected chi connectivity index (χ0v) is 18.4. The molecule has 2 aliphatic rings. The topological polar surface area (TPSA) is 61.0 Å². The van der Waals surface area contributed by atoms with E-state index in [0.29, 0.717) is 0 Å². The van der Waals surface area contributed by atoms with Gasteiger partial charge in [0.1, 0.15) is 11.5 Å². The minimum atomic E-state index is -0.147. The predicted molar refractivity (Wildman–Crippen MR) is 127 cm³/mol. The van der Waals surface area contributed by atoms with Gasteiger partial charge in [-0.3, -0.25) is 0 Å². The Hall–Kier alpha value is -3.24. The van der Waals surface area contributed by atoms with Crippen molar-refractivity contribution in [3.63, 3.8) is 0 Å². The van der Waals surface area contributed by atoms with Crippen LogP contribution >= 0.6 is 0 Å². The van der Waals surface area contributed by atoms with Crippen LogP contribution in [0.2, 0.25) is 0 Å². The van der Waals surface area contributed by atoms with Crippen LogP contribution in [0.25, 0.3) is 17.0 Å². The van der Waals surface area contributed by atoms with E-state index in [1.807, 2.05) is 62.4 Å². The monoisotopic (exact) mass is 411 g/mol. The normalized spacial score (nSPS) is 19.2. The van der Waals surface area contributed by atoms with Crippen molar-refractivity contribution in [1.29, 1.82) is 0 Å².